The van der Waals surface area contributed by atoms with Gasteiger partial charge in [-0.25, -0.2) is 4.79 Å². The molecule has 0 saturated heterocycles. The van der Waals surface area contributed by atoms with Crippen LogP contribution in [0.2, 0.25) is 5.02 Å². The number of hydrogen-bond acceptors (Lipinski definition) is 5. The molecule has 3 aromatic carbocycles. The van der Waals surface area contributed by atoms with Gasteiger partial charge in [-0.2, -0.15) is 0 Å². The van der Waals surface area contributed by atoms with Crippen LogP contribution >= 0.6 is 11.6 Å². The number of ether oxygens (including phenoxy) is 2. The van der Waals surface area contributed by atoms with Gasteiger partial charge >= 0.3 is 5.97 Å². The van der Waals surface area contributed by atoms with Gasteiger partial charge in [0.05, 0.1) is 12.7 Å². The van der Waals surface area contributed by atoms with Crippen LogP contribution in [0.1, 0.15) is 20.7 Å². The minimum atomic E-state index is -0.682. The molecule has 29 heavy (non-hydrogen) atoms. The molecule has 0 fully saturated rings. The number of nitrogens with one attached hydrogen (secondary N) is 2. The molecule has 0 unspecified atom stereocenters. The number of carbonyl (C=O) groups is 3. The van der Waals surface area contributed by atoms with Crippen molar-refractivity contribution in [2.75, 3.05) is 13.7 Å². The Hall–Kier alpha value is -3.58. The summed E-state index contributed by atoms with van der Waals surface area (Å²) in [5.74, 6) is -1.25. The van der Waals surface area contributed by atoms with Gasteiger partial charge in [-0.15, -0.1) is 0 Å². The summed E-state index contributed by atoms with van der Waals surface area (Å²) < 4.78 is 10.4. The molecule has 2 amide bonds. The number of fused-ring (bicyclic) bond motifs is 1. The fourth-order valence-electron chi connectivity index (χ4n) is 2.67. The molecule has 0 aliphatic rings. The van der Waals surface area contributed by atoms with E-state index in [-0.39, 0.29) is 0 Å². The number of esters is 1. The van der Waals surface area contributed by atoms with E-state index < -0.39 is 24.4 Å². The number of carbonyl (C=O) groups excluding carboxylic acids is 3. The van der Waals surface area contributed by atoms with Crippen molar-refractivity contribution in [2.45, 2.75) is 0 Å². The smallest absolute Gasteiger partial charge is 0.339 e. The van der Waals surface area contributed by atoms with Crippen molar-refractivity contribution in [3.8, 4) is 5.75 Å². The van der Waals surface area contributed by atoms with Crippen LogP contribution in [-0.4, -0.2) is 31.5 Å². The largest absolute Gasteiger partial charge is 0.496 e. The molecule has 0 heterocycles. The third-order valence-electron chi connectivity index (χ3n) is 4.08. The van der Waals surface area contributed by atoms with E-state index in [9.17, 15) is 14.4 Å². The summed E-state index contributed by atoms with van der Waals surface area (Å²) in [6, 6.07) is 16.6. The van der Waals surface area contributed by atoms with E-state index in [0.717, 1.165) is 5.39 Å². The molecule has 3 aromatic rings. The fraction of sp³-hybridized carbons (Fsp3) is 0.0952. The van der Waals surface area contributed by atoms with Crippen LogP contribution in [0.3, 0.4) is 0 Å². The molecule has 2 N–H and O–H groups in total. The van der Waals surface area contributed by atoms with Crippen LogP contribution in [0.15, 0.2) is 60.7 Å². The van der Waals surface area contributed by atoms with Gasteiger partial charge < -0.3 is 9.47 Å². The van der Waals surface area contributed by atoms with E-state index in [1.54, 1.807) is 43.5 Å². The van der Waals surface area contributed by atoms with Crippen molar-refractivity contribution in [3.05, 3.63) is 76.8 Å². The number of hydrogen-bond donors (Lipinski definition) is 2. The highest BCUT2D eigenvalue weighted by molar-refractivity contribution is 6.30. The zero-order valence-electron chi connectivity index (χ0n) is 15.4. The lowest BCUT2D eigenvalue weighted by Crippen LogP contribution is -2.43. The Morgan fingerprint density at radius 1 is 0.897 bits per heavy atom. The van der Waals surface area contributed by atoms with E-state index in [1.807, 2.05) is 12.1 Å². The van der Waals surface area contributed by atoms with Crippen LogP contribution in [0.25, 0.3) is 10.8 Å². The van der Waals surface area contributed by atoms with Crippen molar-refractivity contribution in [1.29, 1.82) is 0 Å². The molecule has 0 radical (unpaired) electrons. The Bertz CT molecular complexity index is 1070. The van der Waals surface area contributed by atoms with Gasteiger partial charge in [-0.3, -0.25) is 20.4 Å². The highest BCUT2D eigenvalue weighted by atomic mass is 35.5. The molecule has 8 heteroatoms. The maximum Gasteiger partial charge on any atom is 0.339 e. The highest BCUT2D eigenvalue weighted by Crippen LogP contribution is 2.28. The van der Waals surface area contributed by atoms with Crippen LogP contribution in [0.4, 0.5) is 0 Å². The maximum absolute atomic E-state index is 12.4. The third-order valence-corrected chi connectivity index (χ3v) is 4.33. The van der Waals surface area contributed by atoms with Gasteiger partial charge in [0.1, 0.15) is 5.75 Å². The number of amides is 2. The average molecular weight is 413 g/mol. The van der Waals surface area contributed by atoms with Crippen LogP contribution in [-0.2, 0) is 9.53 Å². The number of hydrazine groups is 1. The molecule has 7 nitrogen and oxygen atoms in total. The molecule has 0 spiro atoms. The first-order chi connectivity index (χ1) is 14.0. The zero-order chi connectivity index (χ0) is 20.8. The number of benzene rings is 3. The second kappa shape index (κ2) is 9.07. The standard InChI is InChI=1S/C21H17ClN2O5/c1-28-18-11-10-17(15-4-2-3-5-16(15)18)21(27)29-12-19(25)23-24-20(26)13-6-8-14(22)9-7-13/h2-11H,12H2,1H3,(H,23,25)(H,24,26). The molecule has 0 saturated carbocycles. The van der Waals surface area contributed by atoms with Crippen molar-refractivity contribution < 1.29 is 23.9 Å². The lowest BCUT2D eigenvalue weighted by molar-refractivity contribution is -0.125. The summed E-state index contributed by atoms with van der Waals surface area (Å²) in [4.78, 5) is 36.2. The SMILES string of the molecule is COc1ccc(C(=O)OCC(=O)NNC(=O)c2ccc(Cl)cc2)c2ccccc12. The second-order valence-corrected chi connectivity index (χ2v) is 6.38. The van der Waals surface area contributed by atoms with E-state index in [2.05, 4.69) is 10.9 Å². The van der Waals surface area contributed by atoms with E-state index in [1.165, 1.54) is 12.1 Å². The fourth-order valence-corrected chi connectivity index (χ4v) is 2.80. The lowest BCUT2D eigenvalue weighted by atomic mass is 10.0. The summed E-state index contributed by atoms with van der Waals surface area (Å²) in [6.07, 6.45) is 0. The van der Waals surface area contributed by atoms with E-state index in [0.29, 0.717) is 27.3 Å². The third kappa shape index (κ3) is 4.83. The van der Waals surface area contributed by atoms with Gasteiger partial charge in [0.25, 0.3) is 11.8 Å². The quantitative estimate of drug-likeness (QED) is 0.496. The van der Waals surface area contributed by atoms with E-state index in [4.69, 9.17) is 21.1 Å². The van der Waals surface area contributed by atoms with Crippen molar-refractivity contribution >= 4 is 40.2 Å². The van der Waals surface area contributed by atoms with Gasteiger partial charge in [-0.05, 0) is 41.8 Å². The Morgan fingerprint density at radius 3 is 2.28 bits per heavy atom. The van der Waals surface area contributed by atoms with Crippen molar-refractivity contribution in [1.82, 2.24) is 10.9 Å². The molecule has 0 aliphatic carbocycles. The molecular formula is C21H17ClN2O5. The van der Waals surface area contributed by atoms with Gasteiger partial charge in [0, 0.05) is 16.0 Å². The highest BCUT2D eigenvalue weighted by Gasteiger charge is 2.16. The molecule has 0 aromatic heterocycles. The molecular weight excluding hydrogens is 396 g/mol. The average Bonchev–Trinajstić information content (AvgIpc) is 2.75. The van der Waals surface area contributed by atoms with Crippen molar-refractivity contribution in [3.63, 3.8) is 0 Å². The van der Waals surface area contributed by atoms with Crippen LogP contribution < -0.4 is 15.6 Å². The summed E-state index contributed by atoms with van der Waals surface area (Å²) in [5.41, 5.74) is 5.05. The Balaban J connectivity index is 1.58. The normalized spacial score (nSPS) is 10.3. The minimum Gasteiger partial charge on any atom is -0.496 e. The number of halogens is 1. The molecule has 148 valence electrons. The monoisotopic (exact) mass is 412 g/mol. The molecule has 0 bridgehead atoms. The maximum atomic E-state index is 12.4. The van der Waals surface area contributed by atoms with Gasteiger partial charge in [-0.1, -0.05) is 35.9 Å². The first-order valence-electron chi connectivity index (χ1n) is 8.57. The Kier molecular flexibility index (Phi) is 6.31. The molecule has 0 aliphatic heterocycles. The lowest BCUT2D eigenvalue weighted by Gasteiger charge is -2.11. The molecule has 3 rings (SSSR count). The van der Waals surface area contributed by atoms with Gasteiger partial charge in [0.15, 0.2) is 6.61 Å². The second-order valence-electron chi connectivity index (χ2n) is 5.95. The predicted octanol–water partition coefficient (Wildman–Crippen LogP) is 3.12. The number of rotatable bonds is 5. The summed E-state index contributed by atoms with van der Waals surface area (Å²) in [6.45, 7) is -0.555. The predicted molar refractivity (Wildman–Crippen MR) is 108 cm³/mol. The first-order valence-corrected chi connectivity index (χ1v) is 8.95. The van der Waals surface area contributed by atoms with Crippen LogP contribution in [0.5, 0.6) is 5.75 Å². The summed E-state index contributed by atoms with van der Waals surface area (Å²) in [7, 11) is 1.54. The number of methoxy groups -OCH3 is 1. The topological polar surface area (TPSA) is 93.7 Å². The van der Waals surface area contributed by atoms with Gasteiger partial charge in [0.2, 0.25) is 0 Å². The summed E-state index contributed by atoms with van der Waals surface area (Å²) in [5, 5.41) is 1.89. The molecule has 0 atom stereocenters. The van der Waals surface area contributed by atoms with Crippen molar-refractivity contribution in [2.24, 2.45) is 0 Å². The first kappa shape index (κ1) is 20.2. The van der Waals surface area contributed by atoms with Crippen LogP contribution in [0, 0.1) is 0 Å². The van der Waals surface area contributed by atoms with E-state index >= 15 is 0 Å². The zero-order valence-corrected chi connectivity index (χ0v) is 16.2. The Labute approximate surface area is 171 Å². The summed E-state index contributed by atoms with van der Waals surface area (Å²) >= 11 is 5.76. The Morgan fingerprint density at radius 2 is 1.59 bits per heavy atom. The minimum absolute atomic E-state index is 0.305.